The Labute approximate surface area is 115 Å². The lowest BCUT2D eigenvalue weighted by atomic mass is 10.0. The molecule has 1 aromatic carbocycles. The van der Waals surface area contributed by atoms with Crippen LogP contribution in [0.1, 0.15) is 10.4 Å². The van der Waals surface area contributed by atoms with Crippen LogP contribution in [0.25, 0.3) is 11.1 Å². The average Bonchev–Trinajstić information content (AvgIpc) is 2.51. The van der Waals surface area contributed by atoms with Crippen molar-refractivity contribution in [1.82, 2.24) is 4.98 Å². The number of pyridine rings is 1. The third-order valence-electron chi connectivity index (χ3n) is 2.70. The molecule has 1 aromatic heterocycles. The summed E-state index contributed by atoms with van der Waals surface area (Å²) in [5, 5.41) is 0. The van der Waals surface area contributed by atoms with Gasteiger partial charge in [-0.25, -0.2) is 26.9 Å². The molecule has 2 rings (SSSR count). The lowest BCUT2D eigenvalue weighted by molar-refractivity contribution is 0.112. The standard InChI is InChI=1S/C13H6F5NO2/c1-21-13-6(4-20)2-5(3-19-13)7-8(14)10(16)12(18)11(17)9(7)15/h2-4H,1H3. The van der Waals surface area contributed by atoms with E-state index in [0.29, 0.717) is 0 Å². The van der Waals surface area contributed by atoms with Crippen molar-refractivity contribution in [2.24, 2.45) is 0 Å². The third kappa shape index (κ3) is 2.32. The summed E-state index contributed by atoms with van der Waals surface area (Å²) in [6.45, 7) is 0. The molecule has 2 aromatic rings. The largest absolute Gasteiger partial charge is 0.480 e. The highest BCUT2D eigenvalue weighted by atomic mass is 19.2. The molecule has 0 unspecified atom stereocenters. The predicted molar refractivity (Wildman–Crippen MR) is 61.4 cm³/mol. The van der Waals surface area contributed by atoms with E-state index in [0.717, 1.165) is 12.3 Å². The van der Waals surface area contributed by atoms with Crippen molar-refractivity contribution in [2.45, 2.75) is 0 Å². The van der Waals surface area contributed by atoms with E-state index in [2.05, 4.69) is 4.98 Å². The molecule has 110 valence electrons. The Morgan fingerprint density at radius 3 is 2.00 bits per heavy atom. The number of ether oxygens (including phenoxy) is 1. The number of nitrogens with zero attached hydrogens (tertiary/aromatic N) is 1. The van der Waals surface area contributed by atoms with Crippen LogP contribution >= 0.6 is 0 Å². The van der Waals surface area contributed by atoms with Gasteiger partial charge in [0.15, 0.2) is 29.6 Å². The van der Waals surface area contributed by atoms with E-state index in [1.165, 1.54) is 7.11 Å². The second-order valence-corrected chi connectivity index (χ2v) is 3.89. The summed E-state index contributed by atoms with van der Waals surface area (Å²) in [7, 11) is 1.20. The van der Waals surface area contributed by atoms with Gasteiger partial charge in [-0.3, -0.25) is 4.79 Å². The van der Waals surface area contributed by atoms with Gasteiger partial charge < -0.3 is 4.74 Å². The highest BCUT2D eigenvalue weighted by molar-refractivity contribution is 5.81. The molecule has 0 N–H and O–H groups in total. The van der Waals surface area contributed by atoms with Crippen LogP contribution < -0.4 is 4.74 Å². The Bertz CT molecular complexity index is 704. The molecule has 1 heterocycles. The van der Waals surface area contributed by atoms with Crippen LogP contribution in [0.15, 0.2) is 12.3 Å². The molecule has 0 radical (unpaired) electrons. The van der Waals surface area contributed by atoms with Gasteiger partial charge in [-0.15, -0.1) is 0 Å². The Hall–Kier alpha value is -2.51. The first-order chi connectivity index (χ1) is 9.92. The summed E-state index contributed by atoms with van der Waals surface area (Å²) >= 11 is 0. The van der Waals surface area contributed by atoms with Crippen molar-refractivity contribution in [3.05, 3.63) is 46.9 Å². The number of benzene rings is 1. The number of carbonyl (C=O) groups excluding carboxylic acids is 1. The zero-order valence-corrected chi connectivity index (χ0v) is 10.4. The molecule has 0 atom stereocenters. The monoisotopic (exact) mass is 303 g/mol. The molecule has 21 heavy (non-hydrogen) atoms. The molecule has 3 nitrogen and oxygen atoms in total. The summed E-state index contributed by atoms with van der Waals surface area (Å²) in [5.74, 6) is -10.6. The van der Waals surface area contributed by atoms with Gasteiger partial charge in [0.05, 0.1) is 18.2 Å². The van der Waals surface area contributed by atoms with E-state index >= 15 is 0 Å². The second-order valence-electron chi connectivity index (χ2n) is 3.89. The molecule has 0 bridgehead atoms. The third-order valence-corrected chi connectivity index (χ3v) is 2.70. The van der Waals surface area contributed by atoms with Crippen LogP contribution in [0.5, 0.6) is 5.88 Å². The van der Waals surface area contributed by atoms with Gasteiger partial charge in [0, 0.05) is 11.8 Å². The van der Waals surface area contributed by atoms with Gasteiger partial charge in [-0.1, -0.05) is 0 Å². The van der Waals surface area contributed by atoms with Crippen molar-refractivity contribution in [3.63, 3.8) is 0 Å². The second kappa shape index (κ2) is 5.47. The Morgan fingerprint density at radius 1 is 1.00 bits per heavy atom. The topological polar surface area (TPSA) is 39.2 Å². The first kappa shape index (κ1) is 14.9. The first-order valence-corrected chi connectivity index (χ1v) is 5.43. The molecular weight excluding hydrogens is 297 g/mol. The zero-order chi connectivity index (χ0) is 15.7. The minimum Gasteiger partial charge on any atom is -0.480 e. The van der Waals surface area contributed by atoms with Crippen molar-refractivity contribution in [1.29, 1.82) is 0 Å². The van der Waals surface area contributed by atoms with Gasteiger partial charge in [0.25, 0.3) is 0 Å². The quantitative estimate of drug-likeness (QED) is 0.378. The maximum absolute atomic E-state index is 13.6. The van der Waals surface area contributed by atoms with Gasteiger partial charge in [0.1, 0.15) is 0 Å². The van der Waals surface area contributed by atoms with Crippen LogP contribution in [0.2, 0.25) is 0 Å². The minimum atomic E-state index is -2.26. The molecule has 0 amide bonds. The van der Waals surface area contributed by atoms with Crippen LogP contribution in [-0.2, 0) is 0 Å². The molecule has 0 aliphatic carbocycles. The van der Waals surface area contributed by atoms with Crippen LogP contribution in [0, 0.1) is 29.1 Å². The van der Waals surface area contributed by atoms with Gasteiger partial charge >= 0.3 is 0 Å². The van der Waals surface area contributed by atoms with E-state index in [4.69, 9.17) is 4.74 Å². The van der Waals surface area contributed by atoms with E-state index in [-0.39, 0.29) is 17.7 Å². The number of hydrogen-bond acceptors (Lipinski definition) is 3. The highest BCUT2D eigenvalue weighted by Crippen LogP contribution is 2.32. The number of rotatable bonds is 3. The van der Waals surface area contributed by atoms with Crippen molar-refractivity contribution >= 4 is 6.29 Å². The summed E-state index contributed by atoms with van der Waals surface area (Å²) in [6, 6.07) is 0.914. The lowest BCUT2D eigenvalue weighted by Crippen LogP contribution is -2.05. The van der Waals surface area contributed by atoms with E-state index < -0.39 is 40.2 Å². The fourth-order valence-electron chi connectivity index (χ4n) is 1.72. The molecule has 0 saturated heterocycles. The Morgan fingerprint density at radius 2 is 1.52 bits per heavy atom. The number of aldehydes is 1. The van der Waals surface area contributed by atoms with Crippen molar-refractivity contribution in [3.8, 4) is 17.0 Å². The van der Waals surface area contributed by atoms with Crippen LogP contribution in [0.4, 0.5) is 22.0 Å². The fraction of sp³-hybridized carbons (Fsp3) is 0.0769. The van der Waals surface area contributed by atoms with Gasteiger partial charge in [-0.2, -0.15) is 0 Å². The fourth-order valence-corrected chi connectivity index (χ4v) is 1.72. The predicted octanol–water partition coefficient (Wildman–Crippen LogP) is 3.27. The average molecular weight is 303 g/mol. The SMILES string of the molecule is COc1ncc(-c2c(F)c(F)c(F)c(F)c2F)cc1C=O. The Balaban J connectivity index is 2.76. The number of hydrogen-bond donors (Lipinski definition) is 0. The normalized spacial score (nSPS) is 10.6. The maximum Gasteiger partial charge on any atom is 0.223 e. The lowest BCUT2D eigenvalue weighted by Gasteiger charge is -2.09. The summed E-state index contributed by atoms with van der Waals surface area (Å²) in [4.78, 5) is 14.4. The number of halogens is 5. The summed E-state index contributed by atoms with van der Waals surface area (Å²) in [5.41, 5.74) is -1.80. The van der Waals surface area contributed by atoms with Crippen molar-refractivity contribution in [2.75, 3.05) is 7.11 Å². The molecule has 0 aliphatic heterocycles. The van der Waals surface area contributed by atoms with Gasteiger partial charge in [-0.05, 0) is 6.07 Å². The number of methoxy groups -OCH3 is 1. The van der Waals surface area contributed by atoms with E-state index in [1.54, 1.807) is 0 Å². The Kier molecular flexibility index (Phi) is 3.88. The molecule has 0 fully saturated rings. The molecule has 8 heteroatoms. The highest BCUT2D eigenvalue weighted by Gasteiger charge is 2.27. The van der Waals surface area contributed by atoms with E-state index in [1.807, 2.05) is 0 Å². The minimum absolute atomic E-state index is 0.141. The maximum atomic E-state index is 13.6. The smallest absolute Gasteiger partial charge is 0.223 e. The number of carbonyl (C=O) groups is 1. The molecular formula is C13H6F5NO2. The first-order valence-electron chi connectivity index (χ1n) is 5.43. The van der Waals surface area contributed by atoms with Crippen molar-refractivity contribution < 1.29 is 31.5 Å². The van der Waals surface area contributed by atoms with Crippen LogP contribution in [-0.4, -0.2) is 18.4 Å². The molecule has 0 saturated carbocycles. The summed E-state index contributed by atoms with van der Waals surface area (Å²) < 4.78 is 71.2. The summed E-state index contributed by atoms with van der Waals surface area (Å²) in [6.07, 6.45) is 1.12. The zero-order valence-electron chi connectivity index (χ0n) is 10.4. The molecule has 0 spiro atoms. The van der Waals surface area contributed by atoms with Gasteiger partial charge in [0.2, 0.25) is 11.7 Å². The van der Waals surface area contributed by atoms with E-state index in [9.17, 15) is 26.7 Å². The van der Waals surface area contributed by atoms with Crippen LogP contribution in [0.3, 0.4) is 0 Å². The molecule has 0 aliphatic rings. The number of aromatic nitrogens is 1.